The molecule has 1 heterocycles. The summed E-state index contributed by atoms with van der Waals surface area (Å²) in [4.78, 5) is 0. The van der Waals surface area contributed by atoms with Crippen molar-refractivity contribution in [3.63, 3.8) is 0 Å². The fourth-order valence-corrected chi connectivity index (χ4v) is 1.46. The fourth-order valence-electron chi connectivity index (χ4n) is 1.29. The Morgan fingerprint density at radius 2 is 2.07 bits per heavy atom. The van der Waals surface area contributed by atoms with Crippen LogP contribution in [0.25, 0.3) is 0 Å². The Morgan fingerprint density at radius 1 is 1.33 bits per heavy atom. The van der Waals surface area contributed by atoms with Crippen LogP contribution in [-0.4, -0.2) is 21.9 Å². The lowest BCUT2D eigenvalue weighted by molar-refractivity contribution is 0.414. The zero-order valence-electron chi connectivity index (χ0n) is 8.29. The Hall–Kier alpha value is -1.49. The van der Waals surface area contributed by atoms with Crippen molar-refractivity contribution in [1.29, 1.82) is 0 Å². The van der Waals surface area contributed by atoms with Gasteiger partial charge in [0.05, 0.1) is 13.7 Å². The summed E-state index contributed by atoms with van der Waals surface area (Å²) in [5, 5.41) is 8.18. The summed E-state index contributed by atoms with van der Waals surface area (Å²) >= 11 is 4.18. The van der Waals surface area contributed by atoms with Crippen LogP contribution in [0.4, 0.5) is 0 Å². The Kier molecular flexibility index (Phi) is 2.91. The van der Waals surface area contributed by atoms with Crippen LogP contribution in [0.15, 0.2) is 35.7 Å². The molecule has 1 aromatic carbocycles. The molecule has 15 heavy (non-hydrogen) atoms. The summed E-state index contributed by atoms with van der Waals surface area (Å²) in [6.45, 7) is 0.718. The van der Waals surface area contributed by atoms with Crippen LogP contribution in [0, 0.1) is 0 Å². The first-order chi connectivity index (χ1) is 7.29. The Labute approximate surface area is 93.3 Å². The minimum Gasteiger partial charge on any atom is -0.497 e. The third-order valence-corrected chi connectivity index (χ3v) is 2.45. The number of ether oxygens (including phenoxy) is 1. The Bertz CT molecular complexity index is 438. The van der Waals surface area contributed by atoms with Crippen molar-refractivity contribution in [3.8, 4) is 5.75 Å². The van der Waals surface area contributed by atoms with Gasteiger partial charge in [-0.25, -0.2) is 0 Å². The molecule has 0 fully saturated rings. The normalized spacial score (nSPS) is 10.3. The molecule has 0 bridgehead atoms. The van der Waals surface area contributed by atoms with Crippen LogP contribution in [0.1, 0.15) is 5.56 Å². The van der Waals surface area contributed by atoms with Crippen LogP contribution in [0.3, 0.4) is 0 Å². The molecule has 0 N–H and O–H groups in total. The van der Waals surface area contributed by atoms with Crippen molar-refractivity contribution in [2.24, 2.45) is 0 Å². The SMILES string of the molecule is COc1ccc(Cn2cnnc2S)cc1. The second-order valence-corrected chi connectivity index (χ2v) is 3.51. The minimum absolute atomic E-state index is 0.616. The summed E-state index contributed by atoms with van der Waals surface area (Å²) < 4.78 is 6.95. The van der Waals surface area contributed by atoms with Gasteiger partial charge in [0, 0.05) is 0 Å². The van der Waals surface area contributed by atoms with Crippen molar-refractivity contribution in [2.75, 3.05) is 7.11 Å². The van der Waals surface area contributed by atoms with Crippen molar-refractivity contribution < 1.29 is 4.74 Å². The minimum atomic E-state index is 0.616. The molecule has 0 unspecified atom stereocenters. The molecule has 5 heteroatoms. The molecule has 78 valence electrons. The smallest absolute Gasteiger partial charge is 0.188 e. The van der Waals surface area contributed by atoms with E-state index in [9.17, 15) is 0 Å². The molecule has 0 aliphatic carbocycles. The van der Waals surface area contributed by atoms with Crippen molar-refractivity contribution in [3.05, 3.63) is 36.2 Å². The zero-order valence-corrected chi connectivity index (χ0v) is 9.19. The molecule has 0 saturated heterocycles. The molecule has 0 aliphatic heterocycles. The maximum absolute atomic E-state index is 5.08. The Balaban J connectivity index is 2.14. The second-order valence-electron chi connectivity index (χ2n) is 3.11. The highest BCUT2D eigenvalue weighted by molar-refractivity contribution is 7.80. The summed E-state index contributed by atoms with van der Waals surface area (Å²) in [6, 6.07) is 7.87. The van der Waals surface area contributed by atoms with Gasteiger partial charge in [-0.15, -0.1) is 22.8 Å². The van der Waals surface area contributed by atoms with Gasteiger partial charge >= 0.3 is 0 Å². The topological polar surface area (TPSA) is 39.9 Å². The first-order valence-corrected chi connectivity index (χ1v) is 4.94. The largest absolute Gasteiger partial charge is 0.497 e. The lowest BCUT2D eigenvalue weighted by Gasteiger charge is -2.04. The summed E-state index contributed by atoms with van der Waals surface area (Å²) in [6.07, 6.45) is 1.66. The maximum Gasteiger partial charge on any atom is 0.188 e. The molecule has 0 amide bonds. The maximum atomic E-state index is 5.08. The van der Waals surface area contributed by atoms with Crippen LogP contribution >= 0.6 is 12.6 Å². The van der Waals surface area contributed by atoms with E-state index in [0.717, 1.165) is 17.9 Å². The van der Waals surface area contributed by atoms with E-state index in [1.54, 1.807) is 13.4 Å². The van der Waals surface area contributed by atoms with Crippen molar-refractivity contribution >= 4 is 12.6 Å². The third kappa shape index (κ3) is 2.30. The van der Waals surface area contributed by atoms with E-state index >= 15 is 0 Å². The number of hydrogen-bond donors (Lipinski definition) is 1. The fraction of sp³-hybridized carbons (Fsp3) is 0.200. The second kappa shape index (κ2) is 4.35. The highest BCUT2D eigenvalue weighted by Crippen LogP contribution is 2.13. The van der Waals surface area contributed by atoms with Crippen LogP contribution in [0.5, 0.6) is 5.75 Å². The third-order valence-electron chi connectivity index (χ3n) is 2.11. The molecule has 0 saturated carbocycles. The first kappa shape index (κ1) is 10.0. The van der Waals surface area contributed by atoms with Crippen LogP contribution < -0.4 is 4.74 Å². The Morgan fingerprint density at radius 3 is 2.60 bits per heavy atom. The predicted molar refractivity (Wildman–Crippen MR) is 59.4 cm³/mol. The molecule has 0 atom stereocenters. The van der Waals surface area contributed by atoms with E-state index in [1.165, 1.54) is 0 Å². The predicted octanol–water partition coefficient (Wildman–Crippen LogP) is 1.62. The summed E-state index contributed by atoms with van der Waals surface area (Å²) in [7, 11) is 1.65. The van der Waals surface area contributed by atoms with Gasteiger partial charge in [-0.2, -0.15) is 0 Å². The van der Waals surface area contributed by atoms with E-state index in [1.807, 2.05) is 28.8 Å². The number of benzene rings is 1. The van der Waals surface area contributed by atoms with Gasteiger partial charge in [0.25, 0.3) is 0 Å². The lowest BCUT2D eigenvalue weighted by Crippen LogP contribution is -1.98. The average molecular weight is 221 g/mol. The number of aromatic nitrogens is 3. The van der Waals surface area contributed by atoms with E-state index in [0.29, 0.717) is 5.16 Å². The standard InChI is InChI=1S/C10H11N3OS/c1-14-9-4-2-8(3-5-9)6-13-7-11-12-10(13)15/h2-5,7H,6H2,1H3,(H,12,15). The summed E-state index contributed by atoms with van der Waals surface area (Å²) in [5.74, 6) is 0.855. The van der Waals surface area contributed by atoms with Gasteiger partial charge < -0.3 is 9.30 Å². The molecule has 1 aromatic heterocycles. The van der Waals surface area contributed by atoms with E-state index in [4.69, 9.17) is 4.74 Å². The van der Waals surface area contributed by atoms with Crippen molar-refractivity contribution in [2.45, 2.75) is 11.7 Å². The molecular formula is C10H11N3OS. The van der Waals surface area contributed by atoms with Crippen LogP contribution in [0.2, 0.25) is 0 Å². The van der Waals surface area contributed by atoms with Gasteiger partial charge in [-0.05, 0) is 17.7 Å². The van der Waals surface area contributed by atoms with Gasteiger partial charge in [-0.1, -0.05) is 12.1 Å². The number of hydrogen-bond acceptors (Lipinski definition) is 4. The molecule has 0 radical (unpaired) electrons. The number of rotatable bonds is 3. The molecular weight excluding hydrogens is 210 g/mol. The molecule has 2 rings (SSSR count). The van der Waals surface area contributed by atoms with Gasteiger partial charge in [-0.3, -0.25) is 0 Å². The first-order valence-electron chi connectivity index (χ1n) is 4.49. The quantitative estimate of drug-likeness (QED) is 0.801. The van der Waals surface area contributed by atoms with E-state index < -0.39 is 0 Å². The van der Waals surface area contributed by atoms with Gasteiger partial charge in [0.1, 0.15) is 12.1 Å². The number of methoxy groups -OCH3 is 1. The average Bonchev–Trinajstić information content (AvgIpc) is 2.66. The lowest BCUT2D eigenvalue weighted by atomic mass is 10.2. The van der Waals surface area contributed by atoms with Crippen molar-refractivity contribution in [1.82, 2.24) is 14.8 Å². The van der Waals surface area contributed by atoms with Gasteiger partial charge in [0.15, 0.2) is 5.16 Å². The highest BCUT2D eigenvalue weighted by atomic mass is 32.1. The molecule has 0 aliphatic rings. The number of thiol groups is 1. The zero-order chi connectivity index (χ0) is 10.7. The van der Waals surface area contributed by atoms with E-state index in [-0.39, 0.29) is 0 Å². The van der Waals surface area contributed by atoms with Gasteiger partial charge in [0.2, 0.25) is 0 Å². The molecule has 0 spiro atoms. The van der Waals surface area contributed by atoms with E-state index in [2.05, 4.69) is 22.8 Å². The summed E-state index contributed by atoms with van der Waals surface area (Å²) in [5.41, 5.74) is 1.16. The van der Waals surface area contributed by atoms with Crippen LogP contribution in [-0.2, 0) is 6.54 Å². The number of nitrogens with zero attached hydrogens (tertiary/aromatic N) is 3. The monoisotopic (exact) mass is 221 g/mol. The molecule has 2 aromatic rings. The highest BCUT2D eigenvalue weighted by Gasteiger charge is 2.00. The molecule has 4 nitrogen and oxygen atoms in total.